The minimum atomic E-state index is 0.0529. The fourth-order valence-corrected chi connectivity index (χ4v) is 3.38. The Bertz CT molecular complexity index is 952. The van der Waals surface area contributed by atoms with Gasteiger partial charge in [-0.3, -0.25) is 9.79 Å². The Kier molecular flexibility index (Phi) is 3.11. The van der Waals surface area contributed by atoms with Gasteiger partial charge in [-0.25, -0.2) is 4.57 Å². The largest absolute Gasteiger partial charge is 0.339 e. The summed E-state index contributed by atoms with van der Waals surface area (Å²) in [6.07, 6.45) is 4.74. The lowest BCUT2D eigenvalue weighted by Crippen LogP contribution is -2.38. The van der Waals surface area contributed by atoms with E-state index in [0.29, 0.717) is 18.7 Å². The summed E-state index contributed by atoms with van der Waals surface area (Å²) in [6.45, 7) is 0.691. The summed E-state index contributed by atoms with van der Waals surface area (Å²) in [5.74, 6) is 0.0529. The number of aliphatic imine (C=N–C) groups is 1. The van der Waals surface area contributed by atoms with Crippen LogP contribution < -0.4 is 4.57 Å². The van der Waals surface area contributed by atoms with Gasteiger partial charge in [-0.1, -0.05) is 30.3 Å². The fraction of sp³-hybridized carbons (Fsp3) is 0.211. The van der Waals surface area contributed by atoms with Gasteiger partial charge >= 0.3 is 0 Å². The Morgan fingerprint density at radius 1 is 1.22 bits per heavy atom. The lowest BCUT2D eigenvalue weighted by Gasteiger charge is -2.14. The standard InChI is InChI=1S/C19H18N3O/c1-20-15-10-16-17-14(8-9-21(16)2)12-22(18(17)19(15)23)11-13-6-4-3-5-7-13/h3-9,12H,10-11H2,1-2H3/q+1. The smallest absolute Gasteiger partial charge is 0.224 e. The van der Waals surface area contributed by atoms with Crippen molar-refractivity contribution in [2.75, 3.05) is 7.05 Å². The molecule has 0 aliphatic heterocycles. The molecule has 2 heterocycles. The van der Waals surface area contributed by atoms with Gasteiger partial charge in [-0.2, -0.15) is 0 Å². The van der Waals surface area contributed by atoms with E-state index in [9.17, 15) is 4.79 Å². The van der Waals surface area contributed by atoms with Crippen LogP contribution in [-0.4, -0.2) is 23.1 Å². The number of aromatic nitrogens is 2. The van der Waals surface area contributed by atoms with Gasteiger partial charge in [-0.05, 0) is 5.56 Å². The maximum Gasteiger partial charge on any atom is 0.224 e. The van der Waals surface area contributed by atoms with Crippen LogP contribution in [-0.2, 0) is 20.0 Å². The van der Waals surface area contributed by atoms with Crippen LogP contribution in [0.2, 0.25) is 0 Å². The minimum absolute atomic E-state index is 0.0529. The highest BCUT2D eigenvalue weighted by Gasteiger charge is 2.33. The van der Waals surface area contributed by atoms with E-state index in [1.807, 2.05) is 25.2 Å². The van der Waals surface area contributed by atoms with Crippen LogP contribution in [0, 0.1) is 0 Å². The number of hydrogen-bond donors (Lipinski definition) is 0. The van der Waals surface area contributed by atoms with Gasteiger partial charge in [0.25, 0.3) is 0 Å². The third-order valence-electron chi connectivity index (χ3n) is 4.58. The number of benzene rings is 1. The van der Waals surface area contributed by atoms with Crippen LogP contribution in [0.25, 0.3) is 10.8 Å². The number of nitrogens with zero attached hydrogens (tertiary/aromatic N) is 3. The molecular formula is C19H18N3O+. The molecule has 0 saturated carbocycles. The van der Waals surface area contributed by atoms with Gasteiger partial charge in [0, 0.05) is 31.2 Å². The predicted octanol–water partition coefficient (Wildman–Crippen LogP) is 2.32. The fourth-order valence-electron chi connectivity index (χ4n) is 3.38. The number of carbonyl (C=O) groups is 1. The Morgan fingerprint density at radius 2 is 2.00 bits per heavy atom. The minimum Gasteiger partial charge on any atom is -0.339 e. The maximum absolute atomic E-state index is 12.9. The van der Waals surface area contributed by atoms with Crippen LogP contribution in [0.4, 0.5) is 0 Å². The van der Waals surface area contributed by atoms with Crippen LogP contribution in [0.15, 0.2) is 53.8 Å². The molecule has 0 radical (unpaired) electrons. The molecule has 1 aromatic carbocycles. The molecule has 23 heavy (non-hydrogen) atoms. The summed E-state index contributed by atoms with van der Waals surface area (Å²) >= 11 is 0. The molecule has 114 valence electrons. The number of rotatable bonds is 2. The molecule has 0 fully saturated rings. The van der Waals surface area contributed by atoms with Crippen molar-refractivity contribution in [1.29, 1.82) is 0 Å². The van der Waals surface area contributed by atoms with Crippen molar-refractivity contribution < 1.29 is 9.36 Å². The Hall–Kier alpha value is -2.75. The number of hydrogen-bond acceptors (Lipinski definition) is 2. The van der Waals surface area contributed by atoms with Crippen molar-refractivity contribution in [3.63, 3.8) is 0 Å². The molecule has 0 bridgehead atoms. The van der Waals surface area contributed by atoms with E-state index in [0.717, 1.165) is 22.2 Å². The quantitative estimate of drug-likeness (QED) is 0.670. The average Bonchev–Trinajstić information content (AvgIpc) is 2.93. The molecule has 3 aromatic rings. The molecule has 1 aliphatic rings. The van der Waals surface area contributed by atoms with Crippen molar-refractivity contribution in [3.05, 3.63) is 65.7 Å². The molecule has 0 spiro atoms. The second-order valence-electron chi connectivity index (χ2n) is 5.97. The van der Waals surface area contributed by atoms with E-state index in [-0.39, 0.29) is 5.78 Å². The van der Waals surface area contributed by atoms with Crippen molar-refractivity contribution >= 4 is 22.3 Å². The first kappa shape index (κ1) is 13.9. The average molecular weight is 304 g/mol. The van der Waals surface area contributed by atoms with Crippen LogP contribution >= 0.6 is 0 Å². The lowest BCUT2D eigenvalue weighted by atomic mass is 9.95. The zero-order valence-electron chi connectivity index (χ0n) is 13.3. The van der Waals surface area contributed by atoms with Gasteiger partial charge in [0.1, 0.15) is 12.7 Å². The topological polar surface area (TPSA) is 38.2 Å². The molecule has 0 N–H and O–H groups in total. The zero-order chi connectivity index (χ0) is 16.0. The van der Waals surface area contributed by atoms with Crippen molar-refractivity contribution in [2.45, 2.75) is 13.0 Å². The SMILES string of the molecule is CN=C1Cc2c3c(n(Cc4ccccc4)cc3cc[n+]2C)C1=O. The van der Waals surface area contributed by atoms with E-state index in [2.05, 4.69) is 44.7 Å². The van der Waals surface area contributed by atoms with Gasteiger partial charge < -0.3 is 4.57 Å². The summed E-state index contributed by atoms with van der Waals surface area (Å²) in [6, 6.07) is 12.3. The highest BCUT2D eigenvalue weighted by molar-refractivity contribution is 6.49. The van der Waals surface area contributed by atoms with Crippen molar-refractivity contribution in [3.8, 4) is 0 Å². The first-order chi connectivity index (χ1) is 11.2. The Balaban J connectivity index is 1.96. The predicted molar refractivity (Wildman–Crippen MR) is 90.1 cm³/mol. The van der Waals surface area contributed by atoms with E-state index in [4.69, 9.17) is 0 Å². The second kappa shape index (κ2) is 5.16. The maximum atomic E-state index is 12.9. The summed E-state index contributed by atoms with van der Waals surface area (Å²) < 4.78 is 4.16. The Labute approximate surface area is 134 Å². The number of carbonyl (C=O) groups excluding carboxylic acids is 1. The monoisotopic (exact) mass is 304 g/mol. The molecule has 1 aliphatic carbocycles. The van der Waals surface area contributed by atoms with E-state index in [1.54, 1.807) is 7.05 Å². The van der Waals surface area contributed by atoms with Crippen LogP contribution in [0.1, 0.15) is 21.7 Å². The molecule has 4 rings (SSSR count). The summed E-state index contributed by atoms with van der Waals surface area (Å²) in [5, 5.41) is 2.19. The second-order valence-corrected chi connectivity index (χ2v) is 5.97. The molecule has 0 atom stereocenters. The molecule has 4 heteroatoms. The molecule has 0 unspecified atom stereocenters. The molecule has 0 saturated heterocycles. The number of Topliss-reactive ketones (excluding diaryl/α,β-unsaturated/α-hetero) is 1. The van der Waals surface area contributed by atoms with Crippen molar-refractivity contribution in [2.24, 2.45) is 12.0 Å². The molecule has 2 aromatic heterocycles. The third kappa shape index (κ3) is 2.10. The number of ketones is 1. The molecule has 0 amide bonds. The normalized spacial score (nSPS) is 15.6. The number of aryl methyl sites for hydroxylation is 1. The lowest BCUT2D eigenvalue weighted by molar-refractivity contribution is -0.677. The van der Waals surface area contributed by atoms with Crippen molar-refractivity contribution in [1.82, 2.24) is 4.57 Å². The highest BCUT2D eigenvalue weighted by atomic mass is 16.1. The van der Waals surface area contributed by atoms with Gasteiger partial charge in [-0.15, -0.1) is 0 Å². The number of pyridine rings is 1. The van der Waals surface area contributed by atoms with Gasteiger partial charge in [0.05, 0.1) is 17.5 Å². The Morgan fingerprint density at radius 3 is 2.74 bits per heavy atom. The van der Waals surface area contributed by atoms with E-state index < -0.39 is 0 Å². The first-order valence-electron chi connectivity index (χ1n) is 7.73. The van der Waals surface area contributed by atoms with E-state index in [1.165, 1.54) is 5.56 Å². The summed E-state index contributed by atoms with van der Waals surface area (Å²) in [4.78, 5) is 17.1. The van der Waals surface area contributed by atoms with Gasteiger partial charge in [0.2, 0.25) is 5.78 Å². The van der Waals surface area contributed by atoms with Crippen LogP contribution in [0.3, 0.4) is 0 Å². The highest BCUT2D eigenvalue weighted by Crippen LogP contribution is 2.29. The first-order valence-corrected chi connectivity index (χ1v) is 7.73. The molecular weight excluding hydrogens is 286 g/mol. The van der Waals surface area contributed by atoms with Crippen LogP contribution in [0.5, 0.6) is 0 Å². The van der Waals surface area contributed by atoms with Gasteiger partial charge in [0.15, 0.2) is 11.9 Å². The zero-order valence-corrected chi connectivity index (χ0v) is 13.3. The summed E-state index contributed by atoms with van der Waals surface area (Å²) in [7, 11) is 3.72. The molecule has 4 nitrogen and oxygen atoms in total. The summed E-state index contributed by atoms with van der Waals surface area (Å²) in [5.41, 5.74) is 3.74. The van der Waals surface area contributed by atoms with E-state index >= 15 is 0 Å². The third-order valence-corrected chi connectivity index (χ3v) is 4.58.